The van der Waals surface area contributed by atoms with Crippen molar-refractivity contribution in [2.75, 3.05) is 0 Å². The maximum absolute atomic E-state index is 12.4. The van der Waals surface area contributed by atoms with Gasteiger partial charge in [0.25, 0.3) is 5.56 Å². The van der Waals surface area contributed by atoms with Gasteiger partial charge >= 0.3 is 0 Å². The van der Waals surface area contributed by atoms with Crippen LogP contribution in [0.25, 0.3) is 11.3 Å². The van der Waals surface area contributed by atoms with E-state index in [1.807, 2.05) is 24.7 Å². The van der Waals surface area contributed by atoms with Crippen molar-refractivity contribution in [2.24, 2.45) is 0 Å². The fraction of sp³-hybridized carbons (Fsp3) is 0.333. The fourth-order valence-corrected chi connectivity index (χ4v) is 3.19. The number of hydrogen-bond acceptors (Lipinski definition) is 4. The molecule has 0 radical (unpaired) electrons. The monoisotopic (exact) mass is 336 g/mol. The smallest absolute Gasteiger partial charge is 0.272 e. The van der Waals surface area contributed by atoms with E-state index in [2.05, 4.69) is 36.0 Å². The molecule has 4 heterocycles. The number of aromatic amines is 1. The van der Waals surface area contributed by atoms with Crippen molar-refractivity contribution >= 4 is 11.3 Å². The van der Waals surface area contributed by atoms with Gasteiger partial charge in [-0.2, -0.15) is 5.10 Å². The van der Waals surface area contributed by atoms with Gasteiger partial charge < -0.3 is 0 Å². The molecule has 0 aromatic carbocycles. The van der Waals surface area contributed by atoms with Crippen LogP contribution in [0.4, 0.5) is 0 Å². The molecular formula is C18H20N6O. The molecule has 1 atom stereocenters. The first kappa shape index (κ1) is 15.6. The molecule has 4 aromatic heterocycles. The highest BCUT2D eigenvalue weighted by Gasteiger charge is 2.17. The first-order valence-electron chi connectivity index (χ1n) is 8.43. The molecule has 0 aliphatic heterocycles. The van der Waals surface area contributed by atoms with E-state index in [4.69, 9.17) is 4.98 Å². The molecule has 0 spiro atoms. The van der Waals surface area contributed by atoms with E-state index in [1.54, 1.807) is 16.8 Å². The summed E-state index contributed by atoms with van der Waals surface area (Å²) >= 11 is 0. The average molecular weight is 336 g/mol. The molecule has 1 unspecified atom stereocenters. The summed E-state index contributed by atoms with van der Waals surface area (Å²) in [5.41, 5.74) is 4.36. The van der Waals surface area contributed by atoms with Crippen LogP contribution in [0.15, 0.2) is 41.7 Å². The lowest BCUT2D eigenvalue weighted by Gasteiger charge is -2.10. The zero-order valence-corrected chi connectivity index (χ0v) is 14.5. The summed E-state index contributed by atoms with van der Waals surface area (Å²) in [4.78, 5) is 21.5. The van der Waals surface area contributed by atoms with Crippen LogP contribution in [0.3, 0.4) is 0 Å². The van der Waals surface area contributed by atoms with Gasteiger partial charge in [-0.3, -0.25) is 9.89 Å². The van der Waals surface area contributed by atoms with E-state index < -0.39 is 0 Å². The summed E-state index contributed by atoms with van der Waals surface area (Å²) in [6.07, 6.45) is 8.00. The highest BCUT2D eigenvalue weighted by atomic mass is 16.1. The molecule has 0 aliphatic rings. The Morgan fingerprint density at radius 1 is 1.20 bits per heavy atom. The fourth-order valence-electron chi connectivity index (χ4n) is 3.19. The number of nitrogens with one attached hydrogen (secondary N) is 1. The summed E-state index contributed by atoms with van der Waals surface area (Å²) in [5, 5.41) is 7.33. The number of aromatic nitrogens is 6. The SMILES string of the molecule is CC(C)c1c[nH]n2c(=O)cc(CC(C)c3cnn4cccnc34)nc12. The highest BCUT2D eigenvalue weighted by Crippen LogP contribution is 2.23. The second kappa shape index (κ2) is 5.84. The molecule has 4 aromatic rings. The average Bonchev–Trinajstić information content (AvgIpc) is 3.18. The van der Waals surface area contributed by atoms with Crippen LogP contribution in [-0.2, 0) is 6.42 Å². The van der Waals surface area contributed by atoms with Crippen molar-refractivity contribution in [3.63, 3.8) is 0 Å². The number of fused-ring (bicyclic) bond motifs is 2. The molecule has 128 valence electrons. The van der Waals surface area contributed by atoms with Crippen LogP contribution in [0.2, 0.25) is 0 Å². The Morgan fingerprint density at radius 2 is 2.04 bits per heavy atom. The molecule has 0 fully saturated rings. The van der Waals surface area contributed by atoms with Gasteiger partial charge in [0.1, 0.15) is 0 Å². The zero-order valence-electron chi connectivity index (χ0n) is 14.5. The number of H-pyrrole nitrogens is 1. The molecule has 7 nitrogen and oxygen atoms in total. The van der Waals surface area contributed by atoms with E-state index in [0.717, 1.165) is 22.5 Å². The van der Waals surface area contributed by atoms with Crippen LogP contribution in [-0.4, -0.2) is 29.2 Å². The van der Waals surface area contributed by atoms with Crippen LogP contribution in [0, 0.1) is 0 Å². The molecule has 0 aliphatic carbocycles. The van der Waals surface area contributed by atoms with E-state index in [1.165, 1.54) is 4.52 Å². The van der Waals surface area contributed by atoms with Crippen LogP contribution >= 0.6 is 0 Å². The molecule has 4 rings (SSSR count). The van der Waals surface area contributed by atoms with Gasteiger partial charge in [0.15, 0.2) is 11.3 Å². The van der Waals surface area contributed by atoms with Gasteiger partial charge in [-0.05, 0) is 24.3 Å². The standard InChI is InChI=1S/C18H20N6O/c1-11(2)14-9-21-24-16(25)8-13(22-18(14)24)7-12(3)15-10-20-23-6-4-5-19-17(15)23/h4-6,8-12,21H,7H2,1-3H3. The molecule has 1 N–H and O–H groups in total. The lowest BCUT2D eigenvalue weighted by atomic mass is 9.98. The minimum Gasteiger partial charge on any atom is -0.297 e. The van der Waals surface area contributed by atoms with E-state index in [-0.39, 0.29) is 11.5 Å². The normalized spacial score (nSPS) is 13.1. The van der Waals surface area contributed by atoms with E-state index >= 15 is 0 Å². The van der Waals surface area contributed by atoms with Gasteiger partial charge in [-0.15, -0.1) is 0 Å². The molecule has 0 amide bonds. The topological polar surface area (TPSA) is 80.3 Å². The summed E-state index contributed by atoms with van der Waals surface area (Å²) in [5.74, 6) is 0.452. The third-order valence-corrected chi connectivity index (χ3v) is 4.55. The first-order chi connectivity index (χ1) is 12.0. The molecule has 0 saturated heterocycles. The number of hydrogen-bond donors (Lipinski definition) is 1. The Bertz CT molecular complexity index is 1100. The van der Waals surface area contributed by atoms with Gasteiger partial charge in [0, 0.05) is 41.5 Å². The van der Waals surface area contributed by atoms with Gasteiger partial charge in [0.05, 0.1) is 6.20 Å². The lowest BCUT2D eigenvalue weighted by molar-refractivity contribution is 0.736. The van der Waals surface area contributed by atoms with E-state index in [9.17, 15) is 4.79 Å². The van der Waals surface area contributed by atoms with Crippen LogP contribution in [0.5, 0.6) is 0 Å². The summed E-state index contributed by atoms with van der Waals surface area (Å²) in [7, 11) is 0. The van der Waals surface area contributed by atoms with Crippen LogP contribution in [0.1, 0.15) is 49.4 Å². The van der Waals surface area contributed by atoms with Crippen molar-refractivity contribution in [1.82, 2.24) is 29.2 Å². The molecule has 0 saturated carbocycles. The first-order valence-corrected chi connectivity index (χ1v) is 8.43. The van der Waals surface area contributed by atoms with E-state index in [0.29, 0.717) is 18.0 Å². The predicted molar refractivity (Wildman–Crippen MR) is 95.0 cm³/mol. The van der Waals surface area contributed by atoms with Crippen molar-refractivity contribution in [1.29, 1.82) is 0 Å². The van der Waals surface area contributed by atoms with Crippen molar-refractivity contribution in [3.05, 3.63) is 64.1 Å². The maximum Gasteiger partial charge on any atom is 0.272 e. The summed E-state index contributed by atoms with van der Waals surface area (Å²) < 4.78 is 3.26. The molecular weight excluding hydrogens is 316 g/mol. The lowest BCUT2D eigenvalue weighted by Crippen LogP contribution is -2.16. The molecule has 25 heavy (non-hydrogen) atoms. The molecule has 0 bridgehead atoms. The minimum atomic E-state index is -0.0860. The maximum atomic E-state index is 12.4. The van der Waals surface area contributed by atoms with Gasteiger partial charge in [-0.25, -0.2) is 19.0 Å². The Kier molecular flexibility index (Phi) is 3.63. The summed E-state index contributed by atoms with van der Waals surface area (Å²) in [6.45, 7) is 6.29. The van der Waals surface area contributed by atoms with Crippen LogP contribution < -0.4 is 5.56 Å². The Hall–Kier alpha value is -2.96. The number of rotatable bonds is 4. The quantitative estimate of drug-likeness (QED) is 0.621. The van der Waals surface area contributed by atoms with Crippen molar-refractivity contribution in [2.45, 2.75) is 39.0 Å². The summed E-state index contributed by atoms with van der Waals surface area (Å²) in [6, 6.07) is 3.45. The Labute approximate surface area is 144 Å². The number of nitrogens with zero attached hydrogens (tertiary/aromatic N) is 5. The van der Waals surface area contributed by atoms with Gasteiger partial charge in [0.2, 0.25) is 0 Å². The second-order valence-corrected chi connectivity index (χ2v) is 6.72. The largest absolute Gasteiger partial charge is 0.297 e. The van der Waals surface area contributed by atoms with Crippen molar-refractivity contribution in [3.8, 4) is 0 Å². The van der Waals surface area contributed by atoms with Gasteiger partial charge in [-0.1, -0.05) is 20.8 Å². The second-order valence-electron chi connectivity index (χ2n) is 6.72. The Balaban J connectivity index is 1.72. The Morgan fingerprint density at radius 3 is 2.84 bits per heavy atom. The zero-order chi connectivity index (χ0) is 17.6. The molecule has 7 heteroatoms. The third kappa shape index (κ3) is 2.61. The predicted octanol–water partition coefficient (Wildman–Crippen LogP) is 2.53. The van der Waals surface area contributed by atoms with Crippen molar-refractivity contribution < 1.29 is 0 Å². The third-order valence-electron chi connectivity index (χ3n) is 4.55. The highest BCUT2D eigenvalue weighted by molar-refractivity contribution is 5.50. The minimum absolute atomic E-state index is 0.0860.